The van der Waals surface area contributed by atoms with Gasteiger partial charge in [0.15, 0.2) is 0 Å². The molecule has 0 saturated carbocycles. The molecule has 1 saturated heterocycles. The van der Waals surface area contributed by atoms with E-state index in [1.165, 1.54) is 6.20 Å². The Morgan fingerprint density at radius 2 is 2.25 bits per heavy atom. The van der Waals surface area contributed by atoms with Crippen molar-refractivity contribution in [2.24, 2.45) is 0 Å². The largest absolute Gasteiger partial charge is 0.381 e. The molecule has 5 nitrogen and oxygen atoms in total. The Kier molecular flexibility index (Phi) is 5.20. The van der Waals surface area contributed by atoms with Crippen molar-refractivity contribution >= 4 is 23.3 Å². The first-order valence-electron chi connectivity index (χ1n) is 6.87. The van der Waals surface area contributed by atoms with E-state index < -0.39 is 0 Å². The molecule has 1 N–H and O–H groups in total. The summed E-state index contributed by atoms with van der Waals surface area (Å²) in [5.41, 5.74) is 0.508. The van der Waals surface area contributed by atoms with Crippen molar-refractivity contribution in [1.82, 2.24) is 9.88 Å². The maximum Gasteiger partial charge on any atom is 0.255 e. The van der Waals surface area contributed by atoms with Gasteiger partial charge in [0.1, 0.15) is 5.82 Å². The Morgan fingerprint density at radius 3 is 2.85 bits per heavy atom. The second-order valence-corrected chi connectivity index (χ2v) is 5.21. The quantitative estimate of drug-likeness (QED) is 0.927. The van der Waals surface area contributed by atoms with Crippen LogP contribution < -0.4 is 5.32 Å². The van der Waals surface area contributed by atoms with Gasteiger partial charge < -0.3 is 15.0 Å². The highest BCUT2D eigenvalue weighted by Gasteiger charge is 2.25. The fraction of sp³-hybridized carbons (Fsp3) is 0.571. The number of likely N-dealkylation sites (tertiary alicyclic amines) is 1. The molecule has 1 fully saturated rings. The van der Waals surface area contributed by atoms with Crippen molar-refractivity contribution in [2.45, 2.75) is 25.9 Å². The minimum atomic E-state index is -0.0360. The lowest BCUT2D eigenvalue weighted by molar-refractivity contribution is 0.0351. The number of nitrogens with zero attached hydrogens (tertiary/aromatic N) is 2. The fourth-order valence-electron chi connectivity index (χ4n) is 2.35. The van der Waals surface area contributed by atoms with Crippen LogP contribution in [0.3, 0.4) is 0 Å². The van der Waals surface area contributed by atoms with Gasteiger partial charge in [-0.3, -0.25) is 4.79 Å². The lowest BCUT2D eigenvalue weighted by Crippen LogP contribution is -2.40. The molecule has 20 heavy (non-hydrogen) atoms. The Bertz CT molecular complexity index is 473. The number of hydrogen-bond donors (Lipinski definition) is 1. The summed E-state index contributed by atoms with van der Waals surface area (Å²) in [4.78, 5) is 18.5. The smallest absolute Gasteiger partial charge is 0.255 e. The van der Waals surface area contributed by atoms with Crippen LogP contribution in [0.5, 0.6) is 0 Å². The van der Waals surface area contributed by atoms with Gasteiger partial charge in [-0.1, -0.05) is 11.6 Å². The first kappa shape index (κ1) is 15.1. The third kappa shape index (κ3) is 3.41. The summed E-state index contributed by atoms with van der Waals surface area (Å²) in [6.07, 6.45) is 3.51. The topological polar surface area (TPSA) is 54.5 Å². The van der Waals surface area contributed by atoms with E-state index in [0.717, 1.165) is 19.4 Å². The van der Waals surface area contributed by atoms with Crippen molar-refractivity contribution in [2.75, 3.05) is 32.1 Å². The van der Waals surface area contributed by atoms with Crippen molar-refractivity contribution in [3.05, 3.63) is 22.8 Å². The first-order chi connectivity index (χ1) is 9.65. The van der Waals surface area contributed by atoms with Crippen LogP contribution in [0.4, 0.5) is 5.82 Å². The third-order valence-corrected chi connectivity index (χ3v) is 3.81. The molecule has 6 heteroatoms. The maximum atomic E-state index is 12.5. The van der Waals surface area contributed by atoms with Crippen LogP contribution in [-0.2, 0) is 4.74 Å². The fourth-order valence-corrected chi connectivity index (χ4v) is 2.53. The summed E-state index contributed by atoms with van der Waals surface area (Å²) in [5, 5.41) is 3.48. The number of anilines is 1. The number of piperidine rings is 1. The summed E-state index contributed by atoms with van der Waals surface area (Å²) < 4.78 is 5.32. The minimum absolute atomic E-state index is 0.0360. The van der Waals surface area contributed by atoms with Crippen LogP contribution in [0.1, 0.15) is 30.1 Å². The number of ether oxygens (including phenoxy) is 1. The number of carbonyl (C=O) groups is 1. The molecular formula is C14H20ClN3O2. The van der Waals surface area contributed by atoms with Crippen LogP contribution >= 0.6 is 11.6 Å². The summed E-state index contributed by atoms with van der Waals surface area (Å²) in [5.74, 6) is 0.637. The Hall–Kier alpha value is -1.33. The molecule has 0 atom stereocenters. The number of nitrogens with one attached hydrogen (secondary N) is 1. The zero-order chi connectivity index (χ0) is 14.5. The molecule has 1 aliphatic rings. The molecule has 1 aromatic rings. The monoisotopic (exact) mass is 297 g/mol. The molecule has 0 bridgehead atoms. The molecule has 2 rings (SSSR count). The highest BCUT2D eigenvalue weighted by atomic mass is 35.5. The van der Waals surface area contributed by atoms with E-state index in [2.05, 4.69) is 10.3 Å². The van der Waals surface area contributed by atoms with Crippen LogP contribution in [0.2, 0.25) is 5.02 Å². The van der Waals surface area contributed by atoms with Gasteiger partial charge in [-0.25, -0.2) is 4.98 Å². The van der Waals surface area contributed by atoms with Gasteiger partial charge in [-0.15, -0.1) is 0 Å². The Morgan fingerprint density at radius 1 is 1.55 bits per heavy atom. The second-order valence-electron chi connectivity index (χ2n) is 4.81. The third-order valence-electron chi connectivity index (χ3n) is 3.51. The summed E-state index contributed by atoms with van der Waals surface area (Å²) in [6, 6.07) is 1.72. The van der Waals surface area contributed by atoms with Crippen LogP contribution in [-0.4, -0.2) is 48.6 Å². The molecule has 1 aliphatic heterocycles. The normalized spacial score (nSPS) is 16.2. The average molecular weight is 298 g/mol. The van der Waals surface area contributed by atoms with E-state index in [-0.39, 0.29) is 12.0 Å². The Labute approximate surface area is 124 Å². The van der Waals surface area contributed by atoms with E-state index in [9.17, 15) is 4.79 Å². The summed E-state index contributed by atoms with van der Waals surface area (Å²) >= 11 is 6.10. The predicted octanol–water partition coefficient (Wildman–Crippen LogP) is 2.42. The van der Waals surface area contributed by atoms with Gasteiger partial charge in [-0.2, -0.15) is 0 Å². The van der Waals surface area contributed by atoms with Crippen LogP contribution in [0.15, 0.2) is 12.3 Å². The van der Waals surface area contributed by atoms with Crippen molar-refractivity contribution < 1.29 is 9.53 Å². The standard InChI is InChI=1S/C14H20ClN3O2/c1-3-16-13-8-11(12(15)9-17-13)14(19)18-6-4-10(20-2)5-7-18/h8-10H,3-7H2,1-2H3,(H,16,17). The first-order valence-corrected chi connectivity index (χ1v) is 7.25. The van der Waals surface area contributed by atoms with E-state index in [4.69, 9.17) is 16.3 Å². The van der Waals surface area contributed by atoms with Gasteiger partial charge in [0.25, 0.3) is 5.91 Å². The zero-order valence-corrected chi connectivity index (χ0v) is 12.6. The van der Waals surface area contributed by atoms with Gasteiger partial charge >= 0.3 is 0 Å². The molecule has 0 aliphatic carbocycles. The van der Waals surface area contributed by atoms with Crippen LogP contribution in [0, 0.1) is 0 Å². The molecule has 0 unspecified atom stereocenters. The lowest BCUT2D eigenvalue weighted by atomic mass is 10.1. The van der Waals surface area contributed by atoms with Crippen molar-refractivity contribution in [1.29, 1.82) is 0 Å². The molecule has 0 aromatic carbocycles. The van der Waals surface area contributed by atoms with Crippen molar-refractivity contribution in [3.8, 4) is 0 Å². The number of aromatic nitrogens is 1. The highest BCUT2D eigenvalue weighted by Crippen LogP contribution is 2.22. The summed E-state index contributed by atoms with van der Waals surface area (Å²) in [6.45, 7) is 4.13. The lowest BCUT2D eigenvalue weighted by Gasteiger charge is -2.31. The average Bonchev–Trinajstić information content (AvgIpc) is 2.49. The number of hydrogen-bond acceptors (Lipinski definition) is 4. The van der Waals surface area contributed by atoms with E-state index in [1.54, 1.807) is 13.2 Å². The highest BCUT2D eigenvalue weighted by molar-refractivity contribution is 6.33. The maximum absolute atomic E-state index is 12.5. The predicted molar refractivity (Wildman–Crippen MR) is 79.3 cm³/mol. The second kappa shape index (κ2) is 6.90. The van der Waals surface area contributed by atoms with Gasteiger partial charge in [0.05, 0.1) is 16.7 Å². The number of halogens is 1. The molecule has 1 aromatic heterocycles. The number of carbonyl (C=O) groups excluding carboxylic acids is 1. The molecule has 2 heterocycles. The molecule has 110 valence electrons. The Balaban J connectivity index is 2.10. The van der Waals surface area contributed by atoms with Gasteiger partial charge in [-0.05, 0) is 25.8 Å². The molecular weight excluding hydrogens is 278 g/mol. The van der Waals surface area contributed by atoms with Crippen LogP contribution in [0.25, 0.3) is 0 Å². The van der Waals surface area contributed by atoms with E-state index in [1.807, 2.05) is 11.8 Å². The summed E-state index contributed by atoms with van der Waals surface area (Å²) in [7, 11) is 1.71. The molecule has 0 spiro atoms. The molecule has 0 radical (unpaired) electrons. The number of pyridine rings is 1. The van der Waals surface area contributed by atoms with Crippen molar-refractivity contribution in [3.63, 3.8) is 0 Å². The molecule has 1 amide bonds. The number of amides is 1. The van der Waals surface area contributed by atoms with E-state index >= 15 is 0 Å². The number of rotatable bonds is 4. The zero-order valence-electron chi connectivity index (χ0n) is 11.9. The van der Waals surface area contributed by atoms with E-state index in [0.29, 0.717) is 29.5 Å². The SMILES string of the molecule is CCNc1cc(C(=O)N2CCC(OC)CC2)c(Cl)cn1. The van der Waals surface area contributed by atoms with Gasteiger partial charge in [0.2, 0.25) is 0 Å². The minimum Gasteiger partial charge on any atom is -0.381 e. The van der Waals surface area contributed by atoms with Gasteiger partial charge in [0, 0.05) is 32.9 Å². The number of methoxy groups -OCH3 is 1.